The Balaban J connectivity index is 2.02. The summed E-state index contributed by atoms with van der Waals surface area (Å²) in [6.45, 7) is 5.00. The number of furan rings is 1. The van der Waals surface area contributed by atoms with Crippen LogP contribution in [-0.2, 0) is 13.1 Å². The largest absolute Gasteiger partial charge is 0.468 e. The summed E-state index contributed by atoms with van der Waals surface area (Å²) >= 11 is 0. The highest BCUT2D eigenvalue weighted by atomic mass is 16.3. The minimum Gasteiger partial charge on any atom is -0.468 e. The van der Waals surface area contributed by atoms with Crippen molar-refractivity contribution < 1.29 is 4.42 Å². The van der Waals surface area contributed by atoms with E-state index in [9.17, 15) is 0 Å². The van der Waals surface area contributed by atoms with Gasteiger partial charge in [-0.05, 0) is 31.9 Å². The summed E-state index contributed by atoms with van der Waals surface area (Å²) < 4.78 is 5.37. The zero-order valence-electron chi connectivity index (χ0n) is 10.1. The molecule has 0 radical (unpaired) electrons. The van der Waals surface area contributed by atoms with Crippen molar-refractivity contribution in [2.75, 3.05) is 6.54 Å². The van der Waals surface area contributed by atoms with Crippen LogP contribution in [0.1, 0.15) is 43.9 Å². The summed E-state index contributed by atoms with van der Waals surface area (Å²) in [5.41, 5.74) is 6.92. The van der Waals surface area contributed by atoms with Crippen molar-refractivity contribution >= 4 is 0 Å². The van der Waals surface area contributed by atoms with Crippen LogP contribution in [0.2, 0.25) is 0 Å². The lowest BCUT2D eigenvalue weighted by atomic mass is 9.99. The van der Waals surface area contributed by atoms with E-state index in [1.807, 2.05) is 0 Å². The van der Waals surface area contributed by atoms with E-state index in [2.05, 4.69) is 17.9 Å². The fraction of sp³-hybridized carbons (Fsp3) is 0.692. The van der Waals surface area contributed by atoms with Gasteiger partial charge in [0.1, 0.15) is 5.76 Å². The lowest BCUT2D eigenvalue weighted by molar-refractivity contribution is 0.135. The van der Waals surface area contributed by atoms with Gasteiger partial charge in [-0.15, -0.1) is 0 Å². The minimum absolute atomic E-state index is 0.507. The fourth-order valence-corrected chi connectivity index (χ4v) is 2.64. The monoisotopic (exact) mass is 222 g/mol. The van der Waals surface area contributed by atoms with Crippen LogP contribution in [-0.4, -0.2) is 17.5 Å². The molecule has 16 heavy (non-hydrogen) atoms. The molecular weight excluding hydrogens is 200 g/mol. The van der Waals surface area contributed by atoms with E-state index in [-0.39, 0.29) is 0 Å². The summed E-state index contributed by atoms with van der Waals surface area (Å²) in [5, 5.41) is 0. The lowest BCUT2D eigenvalue weighted by Crippen LogP contribution is -2.38. The first-order valence-corrected chi connectivity index (χ1v) is 6.34. The maximum atomic E-state index is 5.66. The van der Waals surface area contributed by atoms with E-state index in [0.29, 0.717) is 6.54 Å². The molecule has 2 N–H and O–H groups in total. The Morgan fingerprint density at radius 3 is 3.12 bits per heavy atom. The number of piperidine rings is 1. The lowest BCUT2D eigenvalue weighted by Gasteiger charge is -2.35. The molecular formula is C13H22N2O. The molecule has 1 fully saturated rings. The van der Waals surface area contributed by atoms with Crippen LogP contribution in [0.3, 0.4) is 0 Å². The number of rotatable bonds is 4. The summed E-state index contributed by atoms with van der Waals surface area (Å²) in [6.07, 6.45) is 7.04. The van der Waals surface area contributed by atoms with Crippen LogP contribution in [0.5, 0.6) is 0 Å². The van der Waals surface area contributed by atoms with Gasteiger partial charge in [0.25, 0.3) is 0 Å². The predicted molar refractivity (Wildman–Crippen MR) is 64.9 cm³/mol. The second kappa shape index (κ2) is 5.51. The second-order valence-electron chi connectivity index (χ2n) is 4.60. The number of likely N-dealkylation sites (tertiary alicyclic amines) is 1. The van der Waals surface area contributed by atoms with Gasteiger partial charge in [-0.1, -0.05) is 13.3 Å². The zero-order valence-corrected chi connectivity index (χ0v) is 10.1. The van der Waals surface area contributed by atoms with Crippen LogP contribution in [0, 0.1) is 0 Å². The van der Waals surface area contributed by atoms with Crippen molar-refractivity contribution in [1.82, 2.24) is 4.90 Å². The molecule has 0 amide bonds. The fourth-order valence-electron chi connectivity index (χ4n) is 2.64. The molecule has 90 valence electrons. The smallest absolute Gasteiger partial charge is 0.121 e. The molecule has 3 nitrogen and oxygen atoms in total. The molecule has 0 saturated carbocycles. The van der Waals surface area contributed by atoms with Crippen molar-refractivity contribution in [3.63, 3.8) is 0 Å². The van der Waals surface area contributed by atoms with Crippen LogP contribution < -0.4 is 5.73 Å². The average Bonchev–Trinajstić information content (AvgIpc) is 2.77. The SMILES string of the molecule is CCC1CCCCN1Cc1ccoc1CN. The third-order valence-corrected chi connectivity index (χ3v) is 3.62. The Labute approximate surface area is 97.6 Å². The van der Waals surface area contributed by atoms with Crippen molar-refractivity contribution in [2.24, 2.45) is 5.73 Å². The Kier molecular flexibility index (Phi) is 4.02. The molecule has 1 aromatic rings. The van der Waals surface area contributed by atoms with E-state index < -0.39 is 0 Å². The van der Waals surface area contributed by atoms with Crippen LogP contribution >= 0.6 is 0 Å². The van der Waals surface area contributed by atoms with Crippen LogP contribution in [0.15, 0.2) is 16.7 Å². The maximum Gasteiger partial charge on any atom is 0.121 e. The van der Waals surface area contributed by atoms with Crippen molar-refractivity contribution in [3.05, 3.63) is 23.7 Å². The molecule has 0 aromatic carbocycles. The number of hydrogen-bond acceptors (Lipinski definition) is 3. The summed E-state index contributed by atoms with van der Waals surface area (Å²) in [6, 6.07) is 2.80. The van der Waals surface area contributed by atoms with Gasteiger partial charge in [0.2, 0.25) is 0 Å². The van der Waals surface area contributed by atoms with Gasteiger partial charge in [-0.3, -0.25) is 4.90 Å². The third-order valence-electron chi connectivity index (χ3n) is 3.62. The first-order chi connectivity index (χ1) is 7.85. The van der Waals surface area contributed by atoms with Gasteiger partial charge in [0, 0.05) is 18.2 Å². The summed E-state index contributed by atoms with van der Waals surface area (Å²) in [5.74, 6) is 0.945. The molecule has 1 aliphatic heterocycles. The minimum atomic E-state index is 0.507. The van der Waals surface area contributed by atoms with Gasteiger partial charge in [-0.25, -0.2) is 0 Å². The quantitative estimate of drug-likeness (QED) is 0.851. The van der Waals surface area contributed by atoms with Gasteiger partial charge in [0.05, 0.1) is 12.8 Å². The summed E-state index contributed by atoms with van der Waals surface area (Å²) in [4.78, 5) is 2.58. The van der Waals surface area contributed by atoms with Gasteiger partial charge in [0.15, 0.2) is 0 Å². The van der Waals surface area contributed by atoms with E-state index in [1.165, 1.54) is 37.8 Å². The van der Waals surface area contributed by atoms with E-state index in [0.717, 1.165) is 18.3 Å². The standard InChI is InChI=1S/C13H22N2O/c1-2-12-5-3-4-7-15(12)10-11-6-8-16-13(11)9-14/h6,8,12H,2-5,7,9-10,14H2,1H3. The van der Waals surface area contributed by atoms with Gasteiger partial charge < -0.3 is 10.2 Å². The summed E-state index contributed by atoms with van der Waals surface area (Å²) in [7, 11) is 0. The Morgan fingerprint density at radius 1 is 1.50 bits per heavy atom. The number of hydrogen-bond donors (Lipinski definition) is 1. The molecule has 3 heteroatoms. The highest BCUT2D eigenvalue weighted by Crippen LogP contribution is 2.23. The second-order valence-corrected chi connectivity index (χ2v) is 4.60. The molecule has 2 rings (SSSR count). The first kappa shape index (κ1) is 11.7. The molecule has 0 spiro atoms. The van der Waals surface area contributed by atoms with E-state index in [1.54, 1.807) is 6.26 Å². The van der Waals surface area contributed by atoms with E-state index >= 15 is 0 Å². The Hall–Kier alpha value is -0.800. The van der Waals surface area contributed by atoms with Crippen molar-refractivity contribution in [3.8, 4) is 0 Å². The van der Waals surface area contributed by atoms with Gasteiger partial charge >= 0.3 is 0 Å². The molecule has 1 aromatic heterocycles. The zero-order chi connectivity index (χ0) is 11.4. The molecule has 0 bridgehead atoms. The molecule has 1 atom stereocenters. The molecule has 1 aliphatic rings. The van der Waals surface area contributed by atoms with Crippen LogP contribution in [0.25, 0.3) is 0 Å². The topological polar surface area (TPSA) is 42.4 Å². The molecule has 1 unspecified atom stereocenters. The Morgan fingerprint density at radius 2 is 2.38 bits per heavy atom. The molecule has 0 aliphatic carbocycles. The van der Waals surface area contributed by atoms with Crippen molar-refractivity contribution in [1.29, 1.82) is 0 Å². The highest BCUT2D eigenvalue weighted by Gasteiger charge is 2.21. The molecule has 2 heterocycles. The molecule has 1 saturated heterocycles. The van der Waals surface area contributed by atoms with Crippen molar-refractivity contribution in [2.45, 2.75) is 51.7 Å². The average molecular weight is 222 g/mol. The highest BCUT2D eigenvalue weighted by molar-refractivity contribution is 5.16. The normalized spacial score (nSPS) is 22.5. The Bertz CT molecular complexity index is 321. The predicted octanol–water partition coefficient (Wildman–Crippen LogP) is 2.50. The van der Waals surface area contributed by atoms with E-state index in [4.69, 9.17) is 10.2 Å². The number of nitrogens with two attached hydrogens (primary N) is 1. The first-order valence-electron chi connectivity index (χ1n) is 6.34. The number of nitrogens with zero attached hydrogens (tertiary/aromatic N) is 1. The van der Waals surface area contributed by atoms with Gasteiger partial charge in [-0.2, -0.15) is 0 Å². The maximum absolute atomic E-state index is 5.66. The van der Waals surface area contributed by atoms with Crippen LogP contribution in [0.4, 0.5) is 0 Å². The third kappa shape index (κ3) is 2.47.